The number of alkyl halides is 6. The van der Waals surface area contributed by atoms with Crippen LogP contribution in [0.15, 0.2) is 108 Å². The number of hydrogen-bond donors (Lipinski definition) is 5. The quantitative estimate of drug-likeness (QED) is 0.0884. The number of anilines is 2. The third kappa shape index (κ3) is 9.08. The zero-order valence-corrected chi connectivity index (χ0v) is 34.9. The Morgan fingerprint density at radius 3 is 1.37 bits per heavy atom. The van der Waals surface area contributed by atoms with Crippen LogP contribution in [0.2, 0.25) is 0 Å². The number of amides is 8. The molecule has 0 radical (unpaired) electrons. The molecule has 0 fully saturated rings. The van der Waals surface area contributed by atoms with E-state index < -0.39 is 71.3 Å². The van der Waals surface area contributed by atoms with E-state index in [1.54, 1.807) is 0 Å². The Balaban J connectivity index is 0.923. The highest BCUT2D eigenvalue weighted by molar-refractivity contribution is 6.08. The van der Waals surface area contributed by atoms with Crippen molar-refractivity contribution in [2.24, 2.45) is 11.5 Å². The summed E-state index contributed by atoms with van der Waals surface area (Å²) in [5, 5.41) is 8.65. The zero-order valence-electron chi connectivity index (χ0n) is 34.9. The number of halogens is 6. The molecule has 4 aromatic rings. The summed E-state index contributed by atoms with van der Waals surface area (Å²) in [7, 11) is 0. The molecule has 0 aliphatic carbocycles. The van der Waals surface area contributed by atoms with Crippen LogP contribution in [0.5, 0.6) is 0 Å². The smallest absolute Gasteiger partial charge is 0.364 e. The first-order valence-corrected chi connectivity index (χ1v) is 20.6. The van der Waals surface area contributed by atoms with Gasteiger partial charge in [0.05, 0.1) is 70.2 Å². The predicted octanol–water partition coefficient (Wildman–Crippen LogP) is 4.52. The number of nitrogens with two attached hydrogens (primary N) is 2. The number of aromatic nitrogens is 2. The minimum atomic E-state index is -4.71. The molecule has 8 amide bonds. The molecule has 6 heterocycles. The van der Waals surface area contributed by atoms with Crippen LogP contribution >= 0.6 is 0 Å². The van der Waals surface area contributed by atoms with Crippen molar-refractivity contribution in [3.8, 4) is 0 Å². The highest BCUT2D eigenvalue weighted by atomic mass is 19.4. The molecule has 8 rings (SSSR count). The number of hydrogen-bond acceptors (Lipinski definition) is 9. The third-order valence-corrected chi connectivity index (χ3v) is 11.6. The van der Waals surface area contributed by atoms with Crippen LogP contribution in [-0.2, 0) is 21.9 Å². The van der Waals surface area contributed by atoms with E-state index in [9.17, 15) is 55.1 Å². The van der Waals surface area contributed by atoms with E-state index in [2.05, 4.69) is 25.9 Å². The molecular formula is C44H39F6N11O6. The van der Waals surface area contributed by atoms with E-state index in [1.165, 1.54) is 58.6 Å². The van der Waals surface area contributed by atoms with Gasteiger partial charge in [-0.15, -0.1) is 0 Å². The Morgan fingerprint density at radius 1 is 0.627 bits per heavy atom. The van der Waals surface area contributed by atoms with Gasteiger partial charge in [0, 0.05) is 25.5 Å². The molecule has 17 nitrogen and oxygen atoms in total. The van der Waals surface area contributed by atoms with Gasteiger partial charge in [-0.25, -0.2) is 9.59 Å². The van der Waals surface area contributed by atoms with Crippen molar-refractivity contribution in [3.05, 3.63) is 141 Å². The first-order valence-electron chi connectivity index (χ1n) is 20.6. The van der Waals surface area contributed by atoms with E-state index in [4.69, 9.17) is 11.5 Å². The number of carbonyl (C=O) groups excluding carboxylic acids is 6. The van der Waals surface area contributed by atoms with Gasteiger partial charge in [0.15, 0.2) is 0 Å². The maximum absolute atomic E-state index is 14.1. The van der Waals surface area contributed by atoms with Crippen LogP contribution in [0.25, 0.3) is 0 Å². The number of pyridine rings is 2. The fourth-order valence-corrected chi connectivity index (χ4v) is 8.40. The minimum absolute atomic E-state index is 0.0632. The number of rotatable bonds is 14. The van der Waals surface area contributed by atoms with E-state index in [1.807, 2.05) is 0 Å². The lowest BCUT2D eigenvalue weighted by molar-refractivity contribution is -0.138. The van der Waals surface area contributed by atoms with Gasteiger partial charge in [-0.1, -0.05) is 24.3 Å². The monoisotopic (exact) mass is 931 g/mol. The summed E-state index contributed by atoms with van der Waals surface area (Å²) < 4.78 is 82.3. The SMILES string of the molecule is NC(=O)c1ccc([C@H]2NC(=O)N(c3cccc(C(F)(F)F)c3)C3=C2C(=O)N(CCCNCCCN2CC4=C(C2=O)[C@@H](c2ccc(C(N)=O)nc2)NC(=O)N4c2cccc(C(F)(F)F)c2)C3)cn1. The van der Waals surface area contributed by atoms with Crippen molar-refractivity contribution in [2.45, 2.75) is 37.3 Å². The average molecular weight is 932 g/mol. The summed E-state index contributed by atoms with van der Waals surface area (Å²) in [5.41, 5.74) is 9.53. The molecule has 2 atom stereocenters. The second kappa shape index (κ2) is 17.9. The molecule has 0 saturated carbocycles. The van der Waals surface area contributed by atoms with E-state index >= 15 is 0 Å². The number of primary amides is 2. The molecule has 7 N–H and O–H groups in total. The van der Waals surface area contributed by atoms with Crippen molar-refractivity contribution in [3.63, 3.8) is 0 Å². The van der Waals surface area contributed by atoms with Gasteiger partial charge < -0.3 is 37.2 Å². The zero-order chi connectivity index (χ0) is 47.9. The van der Waals surface area contributed by atoms with Crippen LogP contribution < -0.4 is 37.2 Å². The molecule has 67 heavy (non-hydrogen) atoms. The predicted molar refractivity (Wildman–Crippen MR) is 225 cm³/mol. The highest BCUT2D eigenvalue weighted by Gasteiger charge is 2.47. The second-order valence-corrected chi connectivity index (χ2v) is 15.8. The summed E-state index contributed by atoms with van der Waals surface area (Å²) in [6.07, 6.45) is -6.09. The molecule has 0 spiro atoms. The largest absolute Gasteiger partial charge is 0.416 e. The number of urea groups is 2. The minimum Gasteiger partial charge on any atom is -0.364 e. The van der Waals surface area contributed by atoms with E-state index in [0.29, 0.717) is 37.1 Å². The van der Waals surface area contributed by atoms with Crippen LogP contribution in [0.1, 0.15) is 68.2 Å². The lowest BCUT2D eigenvalue weighted by Gasteiger charge is -2.33. The fourth-order valence-electron chi connectivity index (χ4n) is 8.40. The van der Waals surface area contributed by atoms with Crippen LogP contribution in [0, 0.1) is 0 Å². The molecular weight excluding hydrogens is 893 g/mol. The van der Waals surface area contributed by atoms with Gasteiger partial charge >= 0.3 is 24.4 Å². The summed E-state index contributed by atoms with van der Waals surface area (Å²) in [4.78, 5) is 91.8. The molecule has 23 heteroatoms. The highest BCUT2D eigenvalue weighted by Crippen LogP contribution is 2.42. The molecule has 2 aromatic carbocycles. The van der Waals surface area contributed by atoms with E-state index in [-0.39, 0.29) is 71.5 Å². The summed E-state index contributed by atoms with van der Waals surface area (Å²) in [6, 6.07) is 10.2. The molecule has 0 saturated heterocycles. The molecule has 4 aliphatic rings. The van der Waals surface area contributed by atoms with Gasteiger partial charge in [0.1, 0.15) is 11.4 Å². The normalized spacial score (nSPS) is 18.7. The van der Waals surface area contributed by atoms with Gasteiger partial charge in [-0.3, -0.25) is 38.9 Å². The standard InChI is InChI=1S/C44H39F6N11O6/c45-43(46,47)25-5-1-7-27(17-25)60-31-21-58(39(64)33(31)35(56-41(60)66)23-9-11-29(37(51)62)54-19-23)15-3-13-53-14-4-16-59-22-32-34(40(59)65)36(24-10-12-30(38(52)63)55-20-24)57-42(67)61(32)28-8-2-6-26(18-28)44(48,49)50/h1-2,5-12,17-20,35-36,53H,3-4,13-16,21-22H2,(H2,51,62)(H2,52,63)(H,56,66)(H,57,67)/t35-,36-/m1/s1. The van der Waals surface area contributed by atoms with Crippen molar-refractivity contribution in [1.29, 1.82) is 0 Å². The van der Waals surface area contributed by atoms with Crippen LogP contribution in [0.3, 0.4) is 0 Å². The maximum Gasteiger partial charge on any atom is 0.416 e. The van der Waals surface area contributed by atoms with Crippen LogP contribution in [-0.4, -0.2) is 94.7 Å². The number of nitrogens with zero attached hydrogens (tertiary/aromatic N) is 6. The first-order chi connectivity index (χ1) is 31.8. The number of nitrogens with one attached hydrogen (secondary N) is 3. The maximum atomic E-state index is 14.1. The Kier molecular flexibility index (Phi) is 12.2. The topological polar surface area (TPSA) is 229 Å². The van der Waals surface area contributed by atoms with Crippen molar-refractivity contribution in [1.82, 2.24) is 35.7 Å². The summed E-state index contributed by atoms with van der Waals surface area (Å²) >= 11 is 0. The van der Waals surface area contributed by atoms with Gasteiger partial charge in [-0.2, -0.15) is 26.3 Å². The first kappa shape index (κ1) is 45.7. The van der Waals surface area contributed by atoms with Gasteiger partial charge in [0.2, 0.25) is 0 Å². The molecule has 348 valence electrons. The van der Waals surface area contributed by atoms with Crippen LogP contribution in [0.4, 0.5) is 47.3 Å². The van der Waals surface area contributed by atoms with Crippen molar-refractivity contribution >= 4 is 47.1 Å². The molecule has 2 aromatic heterocycles. The fraction of sp³-hybridized carbons (Fsp3) is 0.273. The van der Waals surface area contributed by atoms with E-state index in [0.717, 1.165) is 46.2 Å². The lowest BCUT2D eigenvalue weighted by atomic mass is 9.96. The summed E-state index contributed by atoms with van der Waals surface area (Å²) in [6.45, 7) is 0.838. The van der Waals surface area contributed by atoms with Gasteiger partial charge in [0.25, 0.3) is 23.6 Å². The lowest BCUT2D eigenvalue weighted by Crippen LogP contribution is -2.47. The van der Waals surface area contributed by atoms with Gasteiger partial charge in [-0.05, 0) is 85.6 Å². The second-order valence-electron chi connectivity index (χ2n) is 15.8. The number of carbonyl (C=O) groups is 6. The average Bonchev–Trinajstić information content (AvgIpc) is 3.79. The molecule has 0 unspecified atom stereocenters. The molecule has 0 bridgehead atoms. The Morgan fingerprint density at radius 2 is 1.03 bits per heavy atom. The Bertz CT molecular complexity index is 2560. The third-order valence-electron chi connectivity index (χ3n) is 11.6. The number of benzene rings is 2. The summed E-state index contributed by atoms with van der Waals surface area (Å²) in [5.74, 6) is -2.57. The van der Waals surface area contributed by atoms with Crippen molar-refractivity contribution < 1.29 is 55.1 Å². The molecule has 4 aliphatic heterocycles. The Hall–Kier alpha value is -7.82. The Labute approximate surface area is 376 Å². The van der Waals surface area contributed by atoms with Crippen molar-refractivity contribution in [2.75, 3.05) is 49.1 Å².